The highest BCUT2D eigenvalue weighted by Gasteiger charge is 2.11. The lowest BCUT2D eigenvalue weighted by molar-refractivity contribution is -0.122. The number of hydrogen-bond donors (Lipinski definition) is 5. The molecule has 0 aromatic heterocycles. The van der Waals surface area contributed by atoms with Gasteiger partial charge in [-0.1, -0.05) is 253 Å². The van der Waals surface area contributed by atoms with Gasteiger partial charge in [-0.05, 0) is 38.6 Å². The van der Waals surface area contributed by atoms with Crippen molar-refractivity contribution >= 4 is 17.7 Å². The van der Waals surface area contributed by atoms with E-state index in [0.29, 0.717) is 45.3 Å². The van der Waals surface area contributed by atoms with E-state index in [1.165, 1.54) is 225 Å². The van der Waals surface area contributed by atoms with Crippen LogP contribution in [0.5, 0.6) is 0 Å². The first-order chi connectivity index (χ1) is 32.9. The van der Waals surface area contributed by atoms with Crippen LogP contribution in [0.1, 0.15) is 305 Å². The Labute approximate surface area is 425 Å². The van der Waals surface area contributed by atoms with Gasteiger partial charge in [-0.25, -0.2) is 0 Å². The van der Waals surface area contributed by atoms with Gasteiger partial charge < -0.3 is 31.3 Å². The largest absolute Gasteiger partial charge is 0.396 e. The molecular formula is C59H123N5O4. The minimum atomic E-state index is 0. The molecule has 0 spiro atoms. The van der Waals surface area contributed by atoms with Crippen LogP contribution in [0.15, 0.2) is 0 Å². The third kappa shape index (κ3) is 62.3. The molecule has 0 rings (SSSR count). The van der Waals surface area contributed by atoms with Crippen LogP contribution in [-0.2, 0) is 14.4 Å². The summed E-state index contributed by atoms with van der Waals surface area (Å²) in [6.45, 7) is 15.3. The number of aliphatic hydroxyl groups is 1. The Morgan fingerprint density at radius 1 is 0.309 bits per heavy atom. The number of carbonyl (C=O) groups excluding carboxylic acids is 3. The third-order valence-corrected chi connectivity index (χ3v) is 13.2. The maximum atomic E-state index is 12.3. The molecule has 0 aromatic carbocycles. The standard InChI is InChI=1S/C37H75N3O3.C21H44N2O.CH4/c1-3-5-7-9-11-13-15-17-19-21-23-25-30-38-36(42)28-33-40(32-27-35-41)34-29-37(43)39-31-26-24-22-20-18-16-14-12-10-8-6-4-2;1-3-5-7-8-9-10-11-12-13-14-15-16-19-23-21(24)17-20-22-18-6-4-2;/h41H,3-35H2,1-2H3,(H,38,42)(H,39,43);22H,3-20H2,1-2H3,(H,23,24);1H4. The summed E-state index contributed by atoms with van der Waals surface area (Å²) < 4.78 is 0. The molecule has 3 amide bonds. The van der Waals surface area contributed by atoms with E-state index in [4.69, 9.17) is 0 Å². The molecule has 0 unspecified atom stereocenters. The lowest BCUT2D eigenvalue weighted by Gasteiger charge is -2.21. The zero-order valence-corrected chi connectivity index (χ0v) is 45.7. The number of carbonyl (C=O) groups is 3. The predicted octanol–water partition coefficient (Wildman–Crippen LogP) is 15.3. The van der Waals surface area contributed by atoms with Crippen LogP contribution in [-0.4, -0.2) is 86.7 Å². The van der Waals surface area contributed by atoms with Crippen molar-refractivity contribution in [2.75, 3.05) is 59.0 Å². The molecule has 0 aliphatic carbocycles. The van der Waals surface area contributed by atoms with E-state index in [9.17, 15) is 19.5 Å². The van der Waals surface area contributed by atoms with Crippen molar-refractivity contribution in [1.29, 1.82) is 0 Å². The highest BCUT2D eigenvalue weighted by atomic mass is 16.3. The summed E-state index contributed by atoms with van der Waals surface area (Å²) in [7, 11) is 0. The van der Waals surface area contributed by atoms with Gasteiger partial charge in [0, 0.05) is 71.7 Å². The second kappa shape index (κ2) is 63.3. The minimum absolute atomic E-state index is 0. The third-order valence-electron chi connectivity index (χ3n) is 13.2. The molecule has 0 aromatic rings. The van der Waals surface area contributed by atoms with Crippen molar-refractivity contribution in [3.8, 4) is 0 Å². The second-order valence-corrected chi connectivity index (χ2v) is 20.0. The van der Waals surface area contributed by atoms with Crippen LogP contribution in [0.2, 0.25) is 0 Å². The van der Waals surface area contributed by atoms with E-state index in [-0.39, 0.29) is 31.8 Å². The Morgan fingerprint density at radius 3 is 0.853 bits per heavy atom. The summed E-state index contributed by atoms with van der Waals surface area (Å²) >= 11 is 0. The van der Waals surface area contributed by atoms with Gasteiger partial charge in [-0.2, -0.15) is 0 Å². The minimum Gasteiger partial charge on any atom is -0.396 e. The number of amides is 3. The monoisotopic (exact) mass is 966 g/mol. The van der Waals surface area contributed by atoms with Gasteiger partial charge in [-0.15, -0.1) is 0 Å². The van der Waals surface area contributed by atoms with E-state index in [1.807, 2.05) is 0 Å². The van der Waals surface area contributed by atoms with Crippen molar-refractivity contribution < 1.29 is 19.5 Å². The SMILES string of the molecule is C.CCCCCCCCCCCCCCNC(=O)CCN(CCCO)CCC(=O)NCCCCCCCCCCCCCC.CCCCCCCCCCCCCCNC(=O)CCNCCCC. The Hall–Kier alpha value is -1.71. The summed E-state index contributed by atoms with van der Waals surface area (Å²) in [5, 5.41) is 21.7. The summed E-state index contributed by atoms with van der Waals surface area (Å²) in [6, 6.07) is 0. The zero-order chi connectivity index (χ0) is 49.2. The van der Waals surface area contributed by atoms with Gasteiger partial charge in [0.05, 0.1) is 0 Å². The highest BCUT2D eigenvalue weighted by Crippen LogP contribution is 2.14. The number of unbranched alkanes of at least 4 members (excludes halogenated alkanes) is 34. The van der Waals surface area contributed by atoms with E-state index in [2.05, 4.69) is 53.9 Å². The number of hydrogen-bond acceptors (Lipinski definition) is 6. The number of nitrogens with zero attached hydrogens (tertiary/aromatic N) is 1. The maximum Gasteiger partial charge on any atom is 0.221 e. The first-order valence-electron chi connectivity index (χ1n) is 29.8. The average Bonchev–Trinajstić information content (AvgIpc) is 3.33. The molecule has 0 aliphatic rings. The van der Waals surface area contributed by atoms with Crippen LogP contribution in [0, 0.1) is 0 Å². The van der Waals surface area contributed by atoms with Crippen LogP contribution >= 0.6 is 0 Å². The first kappa shape index (κ1) is 70.5. The highest BCUT2D eigenvalue weighted by molar-refractivity contribution is 5.77. The van der Waals surface area contributed by atoms with Gasteiger partial charge in [0.2, 0.25) is 17.7 Å². The molecule has 0 heterocycles. The van der Waals surface area contributed by atoms with Crippen LogP contribution in [0.25, 0.3) is 0 Å². The van der Waals surface area contributed by atoms with Gasteiger partial charge in [0.15, 0.2) is 0 Å². The molecular weight excluding hydrogens is 843 g/mol. The maximum absolute atomic E-state index is 12.3. The summed E-state index contributed by atoms with van der Waals surface area (Å²) in [5.74, 6) is 0.379. The fourth-order valence-corrected chi connectivity index (χ4v) is 8.62. The summed E-state index contributed by atoms with van der Waals surface area (Å²) in [5.41, 5.74) is 0. The molecule has 68 heavy (non-hydrogen) atoms. The predicted molar refractivity (Wildman–Crippen MR) is 299 cm³/mol. The fraction of sp³-hybridized carbons (Fsp3) is 0.949. The van der Waals surface area contributed by atoms with E-state index in [0.717, 1.165) is 52.0 Å². The van der Waals surface area contributed by atoms with Gasteiger partial charge in [-0.3, -0.25) is 14.4 Å². The lowest BCUT2D eigenvalue weighted by atomic mass is 10.1. The molecule has 0 bridgehead atoms. The average molecular weight is 967 g/mol. The fourth-order valence-electron chi connectivity index (χ4n) is 8.62. The molecule has 408 valence electrons. The van der Waals surface area contributed by atoms with Crippen molar-refractivity contribution in [1.82, 2.24) is 26.2 Å². The number of nitrogens with one attached hydrogen (secondary N) is 4. The molecule has 9 heteroatoms. The Balaban J connectivity index is -0.00000143. The summed E-state index contributed by atoms with van der Waals surface area (Å²) in [4.78, 5) is 38.5. The molecule has 9 nitrogen and oxygen atoms in total. The quantitative estimate of drug-likeness (QED) is 0.0387. The molecule has 0 aliphatic heterocycles. The Morgan fingerprint density at radius 2 is 0.574 bits per heavy atom. The van der Waals surface area contributed by atoms with Crippen molar-refractivity contribution in [3.05, 3.63) is 0 Å². The van der Waals surface area contributed by atoms with E-state index >= 15 is 0 Å². The molecule has 0 atom stereocenters. The van der Waals surface area contributed by atoms with Crippen LogP contribution in [0.4, 0.5) is 0 Å². The molecule has 0 saturated carbocycles. The van der Waals surface area contributed by atoms with Crippen molar-refractivity contribution in [3.63, 3.8) is 0 Å². The Bertz CT molecular complexity index is 939. The number of aliphatic hydroxyl groups excluding tert-OH is 1. The lowest BCUT2D eigenvalue weighted by Crippen LogP contribution is -2.35. The van der Waals surface area contributed by atoms with Gasteiger partial charge >= 0.3 is 0 Å². The normalized spacial score (nSPS) is 11.0. The van der Waals surface area contributed by atoms with Crippen LogP contribution in [0.3, 0.4) is 0 Å². The van der Waals surface area contributed by atoms with Gasteiger partial charge in [0.1, 0.15) is 0 Å². The first-order valence-corrected chi connectivity index (χ1v) is 29.8. The number of rotatable bonds is 54. The Kier molecular flexibility index (Phi) is 65.7. The molecule has 0 fully saturated rings. The summed E-state index contributed by atoms with van der Waals surface area (Å²) in [6.07, 6.45) is 52.6. The topological polar surface area (TPSA) is 123 Å². The molecule has 0 radical (unpaired) electrons. The van der Waals surface area contributed by atoms with E-state index < -0.39 is 0 Å². The molecule has 5 N–H and O–H groups in total. The smallest absolute Gasteiger partial charge is 0.221 e. The zero-order valence-electron chi connectivity index (χ0n) is 45.7. The molecule has 0 saturated heterocycles. The van der Waals surface area contributed by atoms with Gasteiger partial charge in [0.25, 0.3) is 0 Å². The van der Waals surface area contributed by atoms with Crippen molar-refractivity contribution in [2.24, 2.45) is 0 Å². The van der Waals surface area contributed by atoms with E-state index in [1.54, 1.807) is 0 Å². The second-order valence-electron chi connectivity index (χ2n) is 20.0. The van der Waals surface area contributed by atoms with Crippen molar-refractivity contribution in [2.45, 2.75) is 305 Å². The van der Waals surface area contributed by atoms with Crippen LogP contribution < -0.4 is 21.3 Å².